The molecule has 0 fully saturated rings. The van der Waals surface area contributed by atoms with Gasteiger partial charge in [-0.1, -0.05) is 55.3 Å². The van der Waals surface area contributed by atoms with E-state index in [0.29, 0.717) is 23.8 Å². The third-order valence-corrected chi connectivity index (χ3v) is 3.78. The van der Waals surface area contributed by atoms with Crippen molar-refractivity contribution < 1.29 is 9.53 Å². The highest BCUT2D eigenvalue weighted by Gasteiger charge is 2.04. The highest BCUT2D eigenvalue weighted by atomic mass is 35.5. The molecule has 0 unspecified atom stereocenters. The molecule has 24 heavy (non-hydrogen) atoms. The van der Waals surface area contributed by atoms with Crippen LogP contribution in [0, 0.1) is 0 Å². The Kier molecular flexibility index (Phi) is 7.30. The van der Waals surface area contributed by atoms with Crippen molar-refractivity contribution in [2.24, 2.45) is 5.10 Å². The Bertz CT molecular complexity index is 701. The van der Waals surface area contributed by atoms with E-state index >= 15 is 0 Å². The number of amides is 1. The normalized spacial score (nSPS) is 10.8. The third kappa shape index (κ3) is 5.70. The van der Waals surface area contributed by atoms with Gasteiger partial charge in [0.05, 0.1) is 6.21 Å². The summed E-state index contributed by atoms with van der Waals surface area (Å²) in [4.78, 5) is 11.6. The largest absolute Gasteiger partial charge is 0.488 e. The summed E-state index contributed by atoms with van der Waals surface area (Å²) in [5.74, 6) is 0.603. The van der Waals surface area contributed by atoms with Gasteiger partial charge in [0.15, 0.2) is 0 Å². The van der Waals surface area contributed by atoms with Crippen LogP contribution in [0.4, 0.5) is 0 Å². The molecule has 0 atom stereocenters. The van der Waals surface area contributed by atoms with E-state index in [1.165, 1.54) is 0 Å². The summed E-state index contributed by atoms with van der Waals surface area (Å²) in [5, 5.41) is 4.67. The van der Waals surface area contributed by atoms with Crippen molar-refractivity contribution in [1.29, 1.82) is 0 Å². The standard InChI is InChI=1S/C19H21ClN2O2/c1-2-3-12-19(23)22-21-13-15-8-5-7-11-18(15)24-14-16-9-4-6-10-17(16)20/h4-11,13H,2-3,12,14H2,1H3,(H,22,23). The monoisotopic (exact) mass is 344 g/mol. The smallest absolute Gasteiger partial charge is 0.240 e. The Morgan fingerprint density at radius 2 is 1.96 bits per heavy atom. The number of rotatable bonds is 8. The molecular formula is C19H21ClN2O2. The van der Waals surface area contributed by atoms with Gasteiger partial charge in [-0.2, -0.15) is 5.10 Å². The lowest BCUT2D eigenvalue weighted by Crippen LogP contribution is -2.16. The molecule has 1 N–H and O–H groups in total. The molecule has 0 saturated heterocycles. The molecule has 0 aliphatic rings. The fraction of sp³-hybridized carbons (Fsp3) is 0.263. The van der Waals surface area contributed by atoms with E-state index in [9.17, 15) is 4.79 Å². The van der Waals surface area contributed by atoms with Gasteiger partial charge >= 0.3 is 0 Å². The summed E-state index contributed by atoms with van der Waals surface area (Å²) in [6, 6.07) is 15.1. The van der Waals surface area contributed by atoms with Crippen LogP contribution in [0.5, 0.6) is 5.75 Å². The minimum Gasteiger partial charge on any atom is -0.488 e. The predicted octanol–water partition coefficient (Wildman–Crippen LogP) is 4.56. The minimum absolute atomic E-state index is 0.0810. The Labute approximate surface area is 147 Å². The molecule has 0 bridgehead atoms. The molecule has 0 aliphatic carbocycles. The lowest BCUT2D eigenvalue weighted by Gasteiger charge is -2.10. The fourth-order valence-corrected chi connectivity index (χ4v) is 2.25. The molecule has 1 amide bonds. The van der Waals surface area contributed by atoms with Crippen LogP contribution in [-0.4, -0.2) is 12.1 Å². The van der Waals surface area contributed by atoms with Crippen molar-refractivity contribution in [2.75, 3.05) is 0 Å². The Hall–Kier alpha value is -2.33. The number of hydrazone groups is 1. The Morgan fingerprint density at radius 3 is 2.75 bits per heavy atom. The predicted molar refractivity (Wildman–Crippen MR) is 97.5 cm³/mol. The number of carbonyl (C=O) groups is 1. The van der Waals surface area contributed by atoms with Crippen molar-refractivity contribution in [1.82, 2.24) is 5.43 Å². The van der Waals surface area contributed by atoms with Crippen LogP contribution < -0.4 is 10.2 Å². The maximum absolute atomic E-state index is 11.6. The average Bonchev–Trinajstić information content (AvgIpc) is 2.60. The summed E-state index contributed by atoms with van der Waals surface area (Å²) in [5.41, 5.74) is 4.24. The maximum atomic E-state index is 11.6. The molecule has 2 rings (SSSR count). The highest BCUT2D eigenvalue weighted by Crippen LogP contribution is 2.20. The van der Waals surface area contributed by atoms with Crippen LogP contribution in [0.25, 0.3) is 0 Å². The summed E-state index contributed by atoms with van der Waals surface area (Å²) < 4.78 is 5.84. The van der Waals surface area contributed by atoms with Gasteiger partial charge in [0.25, 0.3) is 0 Å². The van der Waals surface area contributed by atoms with Crippen LogP contribution in [0.2, 0.25) is 5.02 Å². The molecular weight excluding hydrogens is 324 g/mol. The number of halogens is 1. The van der Waals surface area contributed by atoms with Crippen molar-refractivity contribution in [3.8, 4) is 5.75 Å². The first kappa shape index (κ1) is 18.0. The Morgan fingerprint density at radius 1 is 1.21 bits per heavy atom. The van der Waals surface area contributed by atoms with E-state index in [-0.39, 0.29) is 5.91 Å². The number of nitrogens with zero attached hydrogens (tertiary/aromatic N) is 1. The van der Waals surface area contributed by atoms with Crippen molar-refractivity contribution >= 4 is 23.7 Å². The van der Waals surface area contributed by atoms with Gasteiger partial charge < -0.3 is 4.74 Å². The molecule has 2 aromatic carbocycles. The molecule has 0 aromatic heterocycles. The van der Waals surface area contributed by atoms with E-state index in [4.69, 9.17) is 16.3 Å². The molecule has 2 aromatic rings. The molecule has 0 heterocycles. The second-order valence-electron chi connectivity index (χ2n) is 5.31. The molecule has 0 saturated carbocycles. The first-order chi connectivity index (χ1) is 11.7. The number of carbonyl (C=O) groups excluding carboxylic acids is 1. The number of unbranched alkanes of at least 4 members (excludes halogenated alkanes) is 1. The average molecular weight is 345 g/mol. The zero-order valence-electron chi connectivity index (χ0n) is 13.7. The maximum Gasteiger partial charge on any atom is 0.240 e. The molecule has 126 valence electrons. The summed E-state index contributed by atoms with van der Waals surface area (Å²) >= 11 is 6.14. The van der Waals surface area contributed by atoms with Gasteiger partial charge in [-0.15, -0.1) is 0 Å². The van der Waals surface area contributed by atoms with E-state index in [1.54, 1.807) is 6.21 Å². The molecule has 5 heteroatoms. The van der Waals surface area contributed by atoms with Gasteiger partial charge in [-0.3, -0.25) is 4.79 Å². The zero-order valence-corrected chi connectivity index (χ0v) is 14.4. The SMILES string of the molecule is CCCCC(=O)NN=Cc1ccccc1OCc1ccccc1Cl. The van der Waals surface area contributed by atoms with E-state index in [1.807, 2.05) is 55.5 Å². The third-order valence-electron chi connectivity index (χ3n) is 3.41. The molecule has 0 aliphatic heterocycles. The lowest BCUT2D eigenvalue weighted by atomic mass is 10.2. The first-order valence-corrected chi connectivity index (χ1v) is 8.35. The molecule has 0 radical (unpaired) electrons. The molecule has 0 spiro atoms. The van der Waals surface area contributed by atoms with Crippen molar-refractivity contribution in [2.45, 2.75) is 32.8 Å². The second kappa shape index (κ2) is 9.73. The number of nitrogens with one attached hydrogen (secondary N) is 1. The summed E-state index contributed by atoms with van der Waals surface area (Å²) in [7, 11) is 0. The van der Waals surface area contributed by atoms with Crippen LogP contribution in [-0.2, 0) is 11.4 Å². The van der Waals surface area contributed by atoms with E-state index < -0.39 is 0 Å². The minimum atomic E-state index is -0.0810. The number of ether oxygens (including phenoxy) is 1. The van der Waals surface area contributed by atoms with Gasteiger partial charge in [0, 0.05) is 22.6 Å². The van der Waals surface area contributed by atoms with Crippen molar-refractivity contribution in [3.05, 3.63) is 64.7 Å². The quantitative estimate of drug-likeness (QED) is 0.563. The van der Waals surface area contributed by atoms with E-state index in [0.717, 1.165) is 24.0 Å². The zero-order chi connectivity index (χ0) is 17.2. The lowest BCUT2D eigenvalue weighted by molar-refractivity contribution is -0.121. The topological polar surface area (TPSA) is 50.7 Å². The number of hydrogen-bond acceptors (Lipinski definition) is 3. The van der Waals surface area contributed by atoms with Gasteiger partial charge in [0.2, 0.25) is 5.91 Å². The second-order valence-corrected chi connectivity index (χ2v) is 5.72. The van der Waals surface area contributed by atoms with E-state index in [2.05, 4.69) is 10.5 Å². The molecule has 4 nitrogen and oxygen atoms in total. The number of hydrogen-bond donors (Lipinski definition) is 1. The Balaban J connectivity index is 1.97. The van der Waals surface area contributed by atoms with Crippen LogP contribution >= 0.6 is 11.6 Å². The number of para-hydroxylation sites is 1. The van der Waals surface area contributed by atoms with Crippen LogP contribution in [0.15, 0.2) is 53.6 Å². The van der Waals surface area contributed by atoms with Crippen molar-refractivity contribution in [3.63, 3.8) is 0 Å². The number of benzene rings is 2. The summed E-state index contributed by atoms with van der Waals surface area (Å²) in [6.45, 7) is 2.41. The van der Waals surface area contributed by atoms with Gasteiger partial charge in [-0.25, -0.2) is 5.43 Å². The van der Waals surface area contributed by atoms with Gasteiger partial charge in [0.1, 0.15) is 12.4 Å². The summed E-state index contributed by atoms with van der Waals surface area (Å²) in [6.07, 6.45) is 3.92. The van der Waals surface area contributed by atoms with Crippen LogP contribution in [0.1, 0.15) is 37.3 Å². The fourth-order valence-electron chi connectivity index (χ4n) is 2.06. The first-order valence-electron chi connectivity index (χ1n) is 7.98. The van der Waals surface area contributed by atoms with Crippen LogP contribution in [0.3, 0.4) is 0 Å². The highest BCUT2D eigenvalue weighted by molar-refractivity contribution is 6.31. The van der Waals surface area contributed by atoms with Gasteiger partial charge in [-0.05, 0) is 24.6 Å².